The number of benzene rings is 2. The van der Waals surface area contributed by atoms with Crippen molar-refractivity contribution in [3.8, 4) is 22.1 Å². The second-order valence-electron chi connectivity index (χ2n) is 7.44. The lowest BCUT2D eigenvalue weighted by molar-refractivity contribution is -0.119. The molecule has 0 bridgehead atoms. The molecule has 33 heavy (non-hydrogen) atoms. The van der Waals surface area contributed by atoms with Crippen LogP contribution in [-0.4, -0.2) is 35.0 Å². The molecule has 172 valence electrons. The number of carbonyl (C=O) groups is 2. The molecular weight excluding hydrogens is 466 g/mol. The maximum atomic E-state index is 13.0. The Morgan fingerprint density at radius 1 is 1.12 bits per heavy atom. The molecule has 9 nitrogen and oxygen atoms in total. The summed E-state index contributed by atoms with van der Waals surface area (Å²) in [5.74, 6) is 0.825. The van der Waals surface area contributed by atoms with E-state index in [4.69, 9.17) is 21.1 Å². The van der Waals surface area contributed by atoms with Gasteiger partial charge < -0.3 is 20.1 Å². The molecule has 0 radical (unpaired) electrons. The summed E-state index contributed by atoms with van der Waals surface area (Å²) < 4.78 is 10.7. The van der Waals surface area contributed by atoms with Crippen molar-refractivity contribution in [3.63, 3.8) is 0 Å². The number of nitrogens with zero attached hydrogens (tertiary/aromatic N) is 2. The van der Waals surface area contributed by atoms with Crippen molar-refractivity contribution >= 4 is 45.7 Å². The monoisotopic (exact) mass is 487 g/mol. The minimum absolute atomic E-state index is 0.114. The first-order chi connectivity index (χ1) is 15.9. The molecule has 0 saturated carbocycles. The van der Waals surface area contributed by atoms with Gasteiger partial charge in [0, 0.05) is 16.3 Å². The fourth-order valence-corrected chi connectivity index (χ4v) is 4.11. The fraction of sp³-hybridized carbons (Fsp3) is 0.273. The van der Waals surface area contributed by atoms with Crippen LogP contribution in [0.5, 0.6) is 11.5 Å². The Morgan fingerprint density at radius 2 is 1.94 bits per heavy atom. The zero-order valence-corrected chi connectivity index (χ0v) is 19.5. The maximum Gasteiger partial charge on any atom is 0.319 e. The lowest BCUT2D eigenvalue weighted by Crippen LogP contribution is -2.49. The third-order valence-electron chi connectivity index (χ3n) is 5.14. The normalized spacial score (nSPS) is 13.8. The minimum atomic E-state index is -0.771. The Bertz CT molecular complexity index is 1170. The van der Waals surface area contributed by atoms with E-state index in [2.05, 4.69) is 26.1 Å². The molecule has 11 heteroatoms. The Balaban J connectivity index is 1.42. The first-order valence-corrected chi connectivity index (χ1v) is 11.5. The average molecular weight is 488 g/mol. The molecule has 0 fully saturated rings. The van der Waals surface area contributed by atoms with Crippen molar-refractivity contribution in [2.45, 2.75) is 26.3 Å². The van der Waals surface area contributed by atoms with Gasteiger partial charge in [-0.2, -0.15) is 0 Å². The first-order valence-electron chi connectivity index (χ1n) is 10.3. The molecule has 4 rings (SSSR count). The molecule has 2 aromatic carbocycles. The zero-order chi connectivity index (χ0) is 23.4. The summed E-state index contributed by atoms with van der Waals surface area (Å²) in [5, 5.41) is 17.9. The van der Waals surface area contributed by atoms with Crippen LogP contribution in [-0.2, 0) is 4.79 Å². The van der Waals surface area contributed by atoms with Crippen LogP contribution in [0.1, 0.15) is 20.3 Å². The highest BCUT2D eigenvalue weighted by molar-refractivity contribution is 7.18. The Hall–Kier alpha value is -3.37. The van der Waals surface area contributed by atoms with Gasteiger partial charge in [-0.25, -0.2) is 4.79 Å². The van der Waals surface area contributed by atoms with E-state index in [-0.39, 0.29) is 18.6 Å². The summed E-state index contributed by atoms with van der Waals surface area (Å²) in [4.78, 5) is 25.5. The van der Waals surface area contributed by atoms with Crippen molar-refractivity contribution in [2.24, 2.45) is 5.92 Å². The molecule has 0 spiro atoms. The van der Waals surface area contributed by atoms with Crippen LogP contribution in [0.4, 0.5) is 15.6 Å². The molecule has 0 unspecified atom stereocenters. The number of carbonyl (C=O) groups excluding carboxylic acids is 2. The van der Waals surface area contributed by atoms with Gasteiger partial charge in [-0.15, -0.1) is 10.2 Å². The van der Waals surface area contributed by atoms with Gasteiger partial charge in [0.15, 0.2) is 11.5 Å². The third kappa shape index (κ3) is 5.52. The van der Waals surface area contributed by atoms with Gasteiger partial charge in [0.05, 0.1) is 0 Å². The number of halogens is 1. The summed E-state index contributed by atoms with van der Waals surface area (Å²) in [5.41, 5.74) is 1.33. The highest BCUT2D eigenvalue weighted by Crippen LogP contribution is 2.37. The van der Waals surface area contributed by atoms with Crippen LogP contribution in [0.25, 0.3) is 10.6 Å². The van der Waals surface area contributed by atoms with Gasteiger partial charge in [-0.1, -0.05) is 49.3 Å². The smallest absolute Gasteiger partial charge is 0.319 e. The molecule has 3 N–H and O–H groups in total. The SMILES string of the molecule is CC[C@H](C)[C@H](NC(=O)Nc1cccc(Cl)c1)C(=O)Nc1nnc(-c2ccc3c(c2)OCO3)s1. The van der Waals surface area contributed by atoms with Gasteiger partial charge in [0.2, 0.25) is 17.8 Å². The van der Waals surface area contributed by atoms with Crippen LogP contribution in [0.2, 0.25) is 5.02 Å². The van der Waals surface area contributed by atoms with Gasteiger partial charge in [-0.05, 0) is 42.3 Å². The summed E-state index contributed by atoms with van der Waals surface area (Å²) in [7, 11) is 0. The van der Waals surface area contributed by atoms with Gasteiger partial charge in [0.25, 0.3) is 0 Å². The molecule has 1 aromatic heterocycles. The lowest BCUT2D eigenvalue weighted by atomic mass is 9.98. The van der Waals surface area contributed by atoms with Crippen LogP contribution < -0.4 is 25.4 Å². The van der Waals surface area contributed by atoms with E-state index in [1.165, 1.54) is 11.3 Å². The molecule has 3 amide bonds. The number of nitrogens with one attached hydrogen (secondary N) is 3. The van der Waals surface area contributed by atoms with E-state index in [1.807, 2.05) is 26.0 Å². The van der Waals surface area contributed by atoms with Crippen LogP contribution in [0.3, 0.4) is 0 Å². The van der Waals surface area contributed by atoms with E-state index < -0.39 is 12.1 Å². The number of rotatable bonds is 7. The number of urea groups is 1. The molecule has 1 aliphatic heterocycles. The quantitative estimate of drug-likeness (QED) is 0.442. The van der Waals surface area contributed by atoms with Crippen molar-refractivity contribution in [3.05, 3.63) is 47.5 Å². The average Bonchev–Trinajstić information content (AvgIpc) is 3.45. The number of hydrogen-bond donors (Lipinski definition) is 3. The highest BCUT2D eigenvalue weighted by Gasteiger charge is 2.27. The van der Waals surface area contributed by atoms with Crippen molar-refractivity contribution in [1.29, 1.82) is 0 Å². The maximum absolute atomic E-state index is 13.0. The second-order valence-corrected chi connectivity index (χ2v) is 8.86. The molecule has 0 saturated heterocycles. The van der Waals surface area contributed by atoms with Crippen LogP contribution >= 0.6 is 22.9 Å². The van der Waals surface area contributed by atoms with Crippen LogP contribution in [0.15, 0.2) is 42.5 Å². The summed E-state index contributed by atoms with van der Waals surface area (Å²) in [6, 6.07) is 11.0. The first kappa shape index (κ1) is 22.8. The van der Waals surface area contributed by atoms with Gasteiger partial charge in [-0.3, -0.25) is 10.1 Å². The van der Waals surface area contributed by atoms with E-state index in [9.17, 15) is 9.59 Å². The van der Waals surface area contributed by atoms with Crippen molar-refractivity contribution in [1.82, 2.24) is 15.5 Å². The minimum Gasteiger partial charge on any atom is -0.454 e. The number of anilines is 2. The largest absolute Gasteiger partial charge is 0.454 e. The number of hydrogen-bond acceptors (Lipinski definition) is 7. The summed E-state index contributed by atoms with van der Waals surface area (Å²) >= 11 is 7.19. The lowest BCUT2D eigenvalue weighted by Gasteiger charge is -2.23. The van der Waals surface area contributed by atoms with Crippen molar-refractivity contribution in [2.75, 3.05) is 17.4 Å². The van der Waals surface area contributed by atoms with E-state index in [0.717, 1.165) is 5.56 Å². The van der Waals surface area contributed by atoms with E-state index >= 15 is 0 Å². The van der Waals surface area contributed by atoms with Crippen molar-refractivity contribution < 1.29 is 19.1 Å². The predicted octanol–water partition coefficient (Wildman–Crippen LogP) is 4.76. The predicted molar refractivity (Wildman–Crippen MR) is 127 cm³/mol. The third-order valence-corrected chi connectivity index (χ3v) is 6.26. The molecular formula is C22H22ClN5O4S. The van der Waals surface area contributed by atoms with E-state index in [0.29, 0.717) is 38.8 Å². The fourth-order valence-electron chi connectivity index (χ4n) is 3.18. The summed E-state index contributed by atoms with van der Waals surface area (Å²) in [6.45, 7) is 4.03. The molecule has 0 aliphatic carbocycles. The van der Waals surface area contributed by atoms with Gasteiger partial charge >= 0.3 is 6.03 Å². The molecule has 1 aliphatic rings. The second kappa shape index (κ2) is 10.1. The standard InChI is InChI=1S/C22H22ClN5O4S/c1-3-12(2)18(25-21(30)24-15-6-4-5-14(23)10-15)19(29)26-22-28-27-20(33-22)13-7-8-16-17(9-13)32-11-31-16/h4-10,12,18H,3,11H2,1-2H3,(H2,24,25,30)(H,26,28,29)/t12-,18-/m0/s1. The number of amides is 3. The number of ether oxygens (including phenoxy) is 2. The Kier molecular flexibility index (Phi) is 6.95. The number of aromatic nitrogens is 2. The molecule has 2 atom stereocenters. The van der Waals surface area contributed by atoms with Gasteiger partial charge in [0.1, 0.15) is 11.0 Å². The Labute approximate surface area is 199 Å². The highest BCUT2D eigenvalue weighted by atomic mass is 35.5. The van der Waals surface area contributed by atoms with E-state index in [1.54, 1.807) is 30.3 Å². The zero-order valence-electron chi connectivity index (χ0n) is 17.9. The topological polar surface area (TPSA) is 114 Å². The molecule has 3 aromatic rings. The number of fused-ring (bicyclic) bond motifs is 1. The molecule has 2 heterocycles. The Morgan fingerprint density at radius 3 is 2.73 bits per heavy atom. The summed E-state index contributed by atoms with van der Waals surface area (Å²) in [6.07, 6.45) is 0.689. The van der Waals surface area contributed by atoms with Crippen LogP contribution in [0, 0.1) is 5.92 Å².